The molecule has 6 nitrogen and oxygen atoms in total. The predicted molar refractivity (Wildman–Crippen MR) is 95.0 cm³/mol. The third-order valence-electron chi connectivity index (χ3n) is 4.78. The van der Waals surface area contributed by atoms with Crippen LogP contribution in [-0.4, -0.2) is 44.5 Å². The number of piperidine rings is 1. The highest BCUT2D eigenvalue weighted by Crippen LogP contribution is 2.22. The van der Waals surface area contributed by atoms with Crippen molar-refractivity contribution in [3.8, 4) is 0 Å². The van der Waals surface area contributed by atoms with Gasteiger partial charge in [0.05, 0.1) is 23.5 Å². The van der Waals surface area contributed by atoms with E-state index >= 15 is 0 Å². The van der Waals surface area contributed by atoms with E-state index in [4.69, 9.17) is 16.6 Å². The minimum atomic E-state index is -3.48. The molecule has 0 spiro atoms. The maximum Gasteiger partial charge on any atom is 0.274 e. The fraction of sp³-hybridized carbons (Fsp3) is 0.562. The number of aromatic nitrogens is 1. The molecular formula is C16H24N3O3S2+. The number of rotatable bonds is 4. The van der Waals surface area contributed by atoms with Crippen LogP contribution in [0.25, 0.3) is 11.1 Å². The quantitative estimate of drug-likeness (QED) is 0.829. The highest BCUT2D eigenvalue weighted by Gasteiger charge is 2.22. The van der Waals surface area contributed by atoms with Gasteiger partial charge in [-0.25, -0.2) is 12.7 Å². The molecule has 1 aliphatic heterocycles. The van der Waals surface area contributed by atoms with Crippen LogP contribution in [-0.2, 0) is 16.7 Å². The van der Waals surface area contributed by atoms with Crippen LogP contribution < -0.4 is 4.90 Å². The maximum absolute atomic E-state index is 12.4. The van der Waals surface area contributed by atoms with Crippen LogP contribution in [0.1, 0.15) is 19.8 Å². The number of likely N-dealkylation sites (tertiary alicyclic amines) is 1. The summed E-state index contributed by atoms with van der Waals surface area (Å²) in [6.45, 7) is 5.20. The monoisotopic (exact) mass is 370 g/mol. The van der Waals surface area contributed by atoms with Crippen molar-refractivity contribution in [3.63, 3.8) is 0 Å². The summed E-state index contributed by atoms with van der Waals surface area (Å²) in [5, 5.41) is 0. The second-order valence-corrected chi connectivity index (χ2v) is 9.30. The van der Waals surface area contributed by atoms with Crippen LogP contribution in [0.5, 0.6) is 0 Å². The zero-order chi connectivity index (χ0) is 17.5. The largest absolute Gasteiger partial charge is 0.429 e. The van der Waals surface area contributed by atoms with Gasteiger partial charge in [0.1, 0.15) is 0 Å². The molecule has 132 valence electrons. The number of sulfonamides is 1. The average Bonchev–Trinajstić information content (AvgIpc) is 2.84. The smallest absolute Gasteiger partial charge is 0.274 e. The van der Waals surface area contributed by atoms with Gasteiger partial charge in [0, 0.05) is 14.1 Å². The standard InChI is InChI=1S/C16H23N3O3S2/c1-12-6-8-18(9-7-12)11-19-14-10-13(24(20,21)17(2)3)4-5-15(14)22-16(19)23/h4-5,10,12H,6-9,11H2,1-3H3/p+1. The topological polar surface area (TPSA) is 59.9 Å². The molecule has 3 rings (SSSR count). The Kier molecular flexibility index (Phi) is 4.83. The van der Waals surface area contributed by atoms with E-state index in [2.05, 4.69) is 6.92 Å². The maximum atomic E-state index is 12.4. The first-order valence-corrected chi connectivity index (χ1v) is 10.0. The number of hydrogen-bond donors (Lipinski definition) is 1. The summed E-state index contributed by atoms with van der Waals surface area (Å²) in [5.41, 5.74) is 1.37. The Hall–Kier alpha value is -1.22. The lowest BCUT2D eigenvalue weighted by atomic mass is 10.00. The van der Waals surface area contributed by atoms with Crippen LogP contribution in [0.15, 0.2) is 27.5 Å². The summed E-state index contributed by atoms with van der Waals surface area (Å²) in [5.74, 6) is 0.777. The molecule has 0 atom stereocenters. The average molecular weight is 371 g/mol. The van der Waals surface area contributed by atoms with Crippen molar-refractivity contribution in [3.05, 3.63) is 23.0 Å². The van der Waals surface area contributed by atoms with E-state index in [0.717, 1.165) is 24.5 Å². The Morgan fingerprint density at radius 1 is 1.33 bits per heavy atom. The lowest BCUT2D eigenvalue weighted by Crippen LogP contribution is -3.12. The number of quaternary nitrogens is 1. The number of nitrogens with zero attached hydrogens (tertiary/aromatic N) is 2. The van der Waals surface area contributed by atoms with Crippen LogP contribution in [0.4, 0.5) is 0 Å². The fourth-order valence-corrected chi connectivity index (χ4v) is 4.29. The van der Waals surface area contributed by atoms with Crippen molar-refractivity contribution in [1.29, 1.82) is 0 Å². The molecule has 2 heterocycles. The summed E-state index contributed by atoms with van der Waals surface area (Å²) >= 11 is 5.36. The van der Waals surface area contributed by atoms with Crippen LogP contribution in [0.3, 0.4) is 0 Å². The van der Waals surface area contributed by atoms with E-state index in [-0.39, 0.29) is 4.90 Å². The molecule has 0 bridgehead atoms. The molecule has 1 aliphatic rings. The van der Waals surface area contributed by atoms with Crippen molar-refractivity contribution < 1.29 is 17.7 Å². The normalized spacial score (nSPS) is 22.3. The van der Waals surface area contributed by atoms with Gasteiger partial charge in [-0.2, -0.15) is 0 Å². The van der Waals surface area contributed by atoms with Gasteiger partial charge in [0.2, 0.25) is 10.0 Å². The number of benzene rings is 1. The second kappa shape index (κ2) is 6.59. The van der Waals surface area contributed by atoms with Gasteiger partial charge < -0.3 is 9.32 Å². The number of hydrogen-bond acceptors (Lipinski definition) is 4. The van der Waals surface area contributed by atoms with Crippen molar-refractivity contribution in [2.24, 2.45) is 5.92 Å². The summed E-state index contributed by atoms with van der Waals surface area (Å²) in [4.78, 5) is 2.11. The molecule has 0 aliphatic carbocycles. The summed E-state index contributed by atoms with van der Waals surface area (Å²) in [6, 6.07) is 4.91. The fourth-order valence-electron chi connectivity index (χ4n) is 3.12. The number of oxazole rings is 1. The molecule has 8 heteroatoms. The number of nitrogens with one attached hydrogen (secondary N) is 1. The molecular weight excluding hydrogens is 346 g/mol. The van der Waals surface area contributed by atoms with Gasteiger partial charge in [-0.05, 0) is 49.2 Å². The molecule has 0 amide bonds. The van der Waals surface area contributed by atoms with E-state index in [0.29, 0.717) is 17.1 Å². The van der Waals surface area contributed by atoms with E-state index < -0.39 is 10.0 Å². The molecule has 1 aromatic carbocycles. The van der Waals surface area contributed by atoms with E-state index in [9.17, 15) is 8.42 Å². The molecule has 0 radical (unpaired) electrons. The minimum absolute atomic E-state index is 0.256. The molecule has 24 heavy (non-hydrogen) atoms. The SMILES string of the molecule is CC1CC[NH+](Cn2c(=S)oc3ccc(S(=O)(=O)N(C)C)cc32)CC1. The van der Waals surface area contributed by atoms with Crippen molar-refractivity contribution in [2.75, 3.05) is 27.2 Å². The minimum Gasteiger partial charge on any atom is -0.429 e. The summed E-state index contributed by atoms with van der Waals surface area (Å²) in [7, 11) is -0.422. The summed E-state index contributed by atoms with van der Waals surface area (Å²) < 4.78 is 33.5. The van der Waals surface area contributed by atoms with Gasteiger partial charge in [-0.3, -0.25) is 4.57 Å². The number of fused-ring (bicyclic) bond motifs is 1. The van der Waals surface area contributed by atoms with Gasteiger partial charge in [0.15, 0.2) is 12.3 Å². The van der Waals surface area contributed by atoms with Gasteiger partial charge in [0.25, 0.3) is 4.84 Å². The first-order chi connectivity index (χ1) is 11.3. The molecule has 1 N–H and O–H groups in total. The van der Waals surface area contributed by atoms with E-state index in [1.165, 1.54) is 36.1 Å². The zero-order valence-electron chi connectivity index (χ0n) is 14.3. The van der Waals surface area contributed by atoms with Crippen LogP contribution >= 0.6 is 12.2 Å². The lowest BCUT2D eigenvalue weighted by molar-refractivity contribution is -0.928. The molecule has 0 unspecified atom stereocenters. The van der Waals surface area contributed by atoms with Crippen molar-refractivity contribution in [1.82, 2.24) is 8.87 Å². The second-order valence-electron chi connectivity index (χ2n) is 6.80. The Morgan fingerprint density at radius 2 is 2.00 bits per heavy atom. The highest BCUT2D eigenvalue weighted by molar-refractivity contribution is 7.89. The first kappa shape index (κ1) is 17.6. The highest BCUT2D eigenvalue weighted by atomic mass is 32.2. The Labute approximate surface area is 147 Å². The molecule has 2 aromatic rings. The Bertz CT molecular complexity index is 891. The molecule has 1 saturated heterocycles. The van der Waals surface area contributed by atoms with Crippen molar-refractivity contribution in [2.45, 2.75) is 31.3 Å². The van der Waals surface area contributed by atoms with Crippen molar-refractivity contribution >= 4 is 33.3 Å². The predicted octanol–water partition coefficient (Wildman–Crippen LogP) is 1.49. The molecule has 1 aromatic heterocycles. The molecule has 0 saturated carbocycles. The Balaban J connectivity index is 1.98. The van der Waals surface area contributed by atoms with E-state index in [1.54, 1.807) is 18.2 Å². The van der Waals surface area contributed by atoms with Crippen LogP contribution in [0.2, 0.25) is 0 Å². The van der Waals surface area contributed by atoms with Gasteiger partial charge >= 0.3 is 0 Å². The molecule has 1 fully saturated rings. The third kappa shape index (κ3) is 3.28. The first-order valence-electron chi connectivity index (χ1n) is 8.18. The third-order valence-corrected chi connectivity index (χ3v) is 6.90. The summed E-state index contributed by atoms with van der Waals surface area (Å²) in [6.07, 6.45) is 2.41. The van der Waals surface area contributed by atoms with Gasteiger partial charge in [-0.1, -0.05) is 6.92 Å². The lowest BCUT2D eigenvalue weighted by Gasteiger charge is -2.27. The van der Waals surface area contributed by atoms with Gasteiger partial charge in [-0.15, -0.1) is 0 Å². The van der Waals surface area contributed by atoms with E-state index in [1.807, 2.05) is 4.57 Å². The van der Waals surface area contributed by atoms with Crippen LogP contribution in [0, 0.1) is 10.8 Å². The zero-order valence-corrected chi connectivity index (χ0v) is 15.9. The Morgan fingerprint density at radius 3 is 2.62 bits per heavy atom.